The van der Waals surface area contributed by atoms with Gasteiger partial charge in [0.1, 0.15) is 10.7 Å². The first-order chi connectivity index (χ1) is 8.16. The van der Waals surface area contributed by atoms with Crippen molar-refractivity contribution >= 4 is 16.2 Å². The van der Waals surface area contributed by atoms with Crippen molar-refractivity contribution in [2.45, 2.75) is 39.2 Å². The van der Waals surface area contributed by atoms with E-state index in [0.717, 1.165) is 5.82 Å². The molecule has 0 bridgehead atoms. The van der Waals surface area contributed by atoms with E-state index in [-0.39, 0.29) is 0 Å². The number of nitrogens with zero attached hydrogens (tertiary/aromatic N) is 3. The summed E-state index contributed by atoms with van der Waals surface area (Å²) >= 11 is 1.81. The molecule has 0 amide bonds. The van der Waals surface area contributed by atoms with Crippen molar-refractivity contribution in [1.29, 1.82) is 0 Å². The summed E-state index contributed by atoms with van der Waals surface area (Å²) in [7, 11) is 0. The van der Waals surface area contributed by atoms with Crippen molar-refractivity contribution in [2.24, 2.45) is 0 Å². The van der Waals surface area contributed by atoms with Gasteiger partial charge >= 0.3 is 0 Å². The molecule has 1 aliphatic rings. The van der Waals surface area contributed by atoms with Crippen LogP contribution in [0.3, 0.4) is 0 Å². The molecule has 0 N–H and O–H groups in total. The quantitative estimate of drug-likeness (QED) is 0.816. The van der Waals surface area contributed by atoms with Gasteiger partial charge in [0.2, 0.25) is 0 Å². The summed E-state index contributed by atoms with van der Waals surface area (Å²) in [6, 6.07) is 0.655. The van der Waals surface area contributed by atoms with E-state index in [4.69, 9.17) is 4.98 Å². The van der Waals surface area contributed by atoms with E-state index in [0.29, 0.717) is 12.0 Å². The molecule has 3 rings (SSSR count). The Bertz CT molecular complexity index is 526. The van der Waals surface area contributed by atoms with Gasteiger partial charge < -0.3 is 4.90 Å². The second-order valence-electron chi connectivity index (χ2n) is 5.20. The molecule has 3 heterocycles. The topological polar surface area (TPSA) is 20.5 Å². The first-order valence-electron chi connectivity index (χ1n) is 6.33. The molecule has 17 heavy (non-hydrogen) atoms. The second-order valence-corrected chi connectivity index (χ2v) is 6.09. The van der Waals surface area contributed by atoms with Crippen molar-refractivity contribution in [3.63, 3.8) is 0 Å². The molecule has 3 nitrogen and oxygen atoms in total. The van der Waals surface area contributed by atoms with Crippen LogP contribution in [0.1, 0.15) is 37.7 Å². The zero-order valence-corrected chi connectivity index (χ0v) is 11.5. The van der Waals surface area contributed by atoms with Crippen LogP contribution in [0.15, 0.2) is 11.6 Å². The van der Waals surface area contributed by atoms with E-state index in [2.05, 4.69) is 41.6 Å². The molecule has 92 valence electrons. The summed E-state index contributed by atoms with van der Waals surface area (Å²) in [5, 5.41) is 2.16. The molecular weight excluding hydrogens is 230 g/mol. The number of aromatic nitrogens is 2. The third-order valence-corrected chi connectivity index (χ3v) is 4.68. The van der Waals surface area contributed by atoms with Crippen molar-refractivity contribution in [1.82, 2.24) is 14.3 Å². The van der Waals surface area contributed by atoms with E-state index < -0.39 is 0 Å². The van der Waals surface area contributed by atoms with Crippen LogP contribution in [0.2, 0.25) is 0 Å². The standard InChI is InChI=1S/C13H19N3S/c1-9(2)15-5-4-11(8-15)12-13-16(6-7-17-13)10(3)14-12/h6-7,9,11H,4-5,8H2,1-3H3/t11-/m1/s1. The van der Waals surface area contributed by atoms with Crippen LogP contribution < -0.4 is 0 Å². The number of hydrogen-bond donors (Lipinski definition) is 0. The third kappa shape index (κ3) is 1.79. The minimum absolute atomic E-state index is 0.625. The number of thiazole rings is 1. The molecule has 2 aromatic rings. The Morgan fingerprint density at radius 1 is 1.47 bits per heavy atom. The zero-order chi connectivity index (χ0) is 12.0. The monoisotopic (exact) mass is 249 g/mol. The molecule has 0 spiro atoms. The fourth-order valence-electron chi connectivity index (χ4n) is 2.74. The van der Waals surface area contributed by atoms with Crippen LogP contribution in [-0.2, 0) is 0 Å². The lowest BCUT2D eigenvalue weighted by molar-refractivity contribution is 0.272. The molecule has 1 fully saturated rings. The molecule has 2 aromatic heterocycles. The first kappa shape index (κ1) is 11.2. The molecule has 1 aliphatic heterocycles. The van der Waals surface area contributed by atoms with Crippen LogP contribution >= 0.6 is 11.3 Å². The van der Waals surface area contributed by atoms with Crippen LogP contribution in [0.25, 0.3) is 4.83 Å². The van der Waals surface area contributed by atoms with Crippen molar-refractivity contribution < 1.29 is 0 Å². The second kappa shape index (κ2) is 4.10. The number of imidazole rings is 1. The number of rotatable bonds is 2. The van der Waals surface area contributed by atoms with Gasteiger partial charge in [0.15, 0.2) is 0 Å². The Labute approximate surface area is 106 Å². The predicted molar refractivity (Wildman–Crippen MR) is 71.9 cm³/mol. The predicted octanol–water partition coefficient (Wildman–Crippen LogP) is 2.90. The van der Waals surface area contributed by atoms with Crippen LogP contribution in [-0.4, -0.2) is 33.4 Å². The molecule has 0 saturated carbocycles. The van der Waals surface area contributed by atoms with Gasteiger partial charge in [0, 0.05) is 30.1 Å². The van der Waals surface area contributed by atoms with Crippen molar-refractivity contribution in [3.05, 3.63) is 23.1 Å². The van der Waals surface area contributed by atoms with Gasteiger partial charge in [-0.3, -0.25) is 4.40 Å². The summed E-state index contributed by atoms with van der Waals surface area (Å²) in [4.78, 5) is 8.67. The average Bonchev–Trinajstić information content (AvgIpc) is 2.96. The largest absolute Gasteiger partial charge is 0.300 e. The normalized spacial score (nSPS) is 22.0. The minimum Gasteiger partial charge on any atom is -0.300 e. The molecule has 4 heteroatoms. The van der Waals surface area contributed by atoms with E-state index in [1.807, 2.05) is 11.3 Å². The fraction of sp³-hybridized carbons (Fsp3) is 0.615. The molecule has 1 saturated heterocycles. The highest BCUT2D eigenvalue weighted by Crippen LogP contribution is 2.32. The molecule has 0 aliphatic carbocycles. The molecule has 0 radical (unpaired) electrons. The van der Waals surface area contributed by atoms with Gasteiger partial charge in [-0.05, 0) is 33.7 Å². The lowest BCUT2D eigenvalue weighted by Gasteiger charge is -2.19. The Balaban J connectivity index is 1.92. The Kier molecular flexibility index (Phi) is 2.71. The Hall–Kier alpha value is -0.870. The van der Waals surface area contributed by atoms with Gasteiger partial charge in [-0.15, -0.1) is 11.3 Å². The third-order valence-electron chi connectivity index (χ3n) is 3.80. The average molecular weight is 249 g/mol. The van der Waals surface area contributed by atoms with Crippen LogP contribution in [0.4, 0.5) is 0 Å². The fourth-order valence-corrected chi connectivity index (χ4v) is 3.69. The summed E-state index contributed by atoms with van der Waals surface area (Å²) in [5.74, 6) is 1.75. The molecule has 0 unspecified atom stereocenters. The Morgan fingerprint density at radius 3 is 3.00 bits per heavy atom. The highest BCUT2D eigenvalue weighted by Gasteiger charge is 2.29. The van der Waals surface area contributed by atoms with E-state index in [1.165, 1.54) is 30.0 Å². The molecule has 0 aromatic carbocycles. The molecular formula is C13H19N3S. The lowest BCUT2D eigenvalue weighted by atomic mass is 10.1. The Morgan fingerprint density at radius 2 is 2.29 bits per heavy atom. The van der Waals surface area contributed by atoms with Crippen molar-refractivity contribution in [3.8, 4) is 0 Å². The zero-order valence-electron chi connectivity index (χ0n) is 10.7. The number of hydrogen-bond acceptors (Lipinski definition) is 3. The maximum absolute atomic E-state index is 4.77. The summed E-state index contributed by atoms with van der Waals surface area (Å²) in [6.07, 6.45) is 3.38. The van der Waals surface area contributed by atoms with Gasteiger partial charge in [-0.25, -0.2) is 4.98 Å². The summed E-state index contributed by atoms with van der Waals surface area (Å²) in [6.45, 7) is 9.04. The summed E-state index contributed by atoms with van der Waals surface area (Å²) in [5.41, 5.74) is 1.32. The van der Waals surface area contributed by atoms with Gasteiger partial charge in [0.05, 0.1) is 5.69 Å². The highest BCUT2D eigenvalue weighted by molar-refractivity contribution is 7.15. The molecule has 1 atom stereocenters. The van der Waals surface area contributed by atoms with Crippen LogP contribution in [0.5, 0.6) is 0 Å². The van der Waals surface area contributed by atoms with Crippen LogP contribution in [0, 0.1) is 6.92 Å². The van der Waals surface area contributed by atoms with E-state index >= 15 is 0 Å². The maximum Gasteiger partial charge on any atom is 0.123 e. The first-order valence-corrected chi connectivity index (χ1v) is 7.21. The van der Waals surface area contributed by atoms with E-state index in [9.17, 15) is 0 Å². The number of aryl methyl sites for hydroxylation is 1. The lowest BCUT2D eigenvalue weighted by Crippen LogP contribution is -2.27. The van der Waals surface area contributed by atoms with Gasteiger partial charge in [0.25, 0.3) is 0 Å². The summed E-state index contributed by atoms with van der Waals surface area (Å²) < 4.78 is 2.22. The smallest absolute Gasteiger partial charge is 0.123 e. The SMILES string of the molecule is Cc1nc([C@@H]2CCN(C(C)C)C2)c2sccn12. The van der Waals surface area contributed by atoms with Gasteiger partial charge in [-0.1, -0.05) is 0 Å². The van der Waals surface area contributed by atoms with Gasteiger partial charge in [-0.2, -0.15) is 0 Å². The number of fused-ring (bicyclic) bond motifs is 1. The van der Waals surface area contributed by atoms with E-state index in [1.54, 1.807) is 0 Å². The maximum atomic E-state index is 4.77. The van der Waals surface area contributed by atoms with Crippen molar-refractivity contribution in [2.75, 3.05) is 13.1 Å². The minimum atomic E-state index is 0.625. The highest BCUT2D eigenvalue weighted by atomic mass is 32.1. The number of likely N-dealkylation sites (tertiary alicyclic amines) is 1.